The first-order valence-corrected chi connectivity index (χ1v) is 5.56. The average Bonchev–Trinajstić information content (AvgIpc) is 2.94. The van der Waals surface area contributed by atoms with Gasteiger partial charge in [-0.25, -0.2) is 0 Å². The van der Waals surface area contributed by atoms with E-state index in [0.717, 1.165) is 6.54 Å². The van der Waals surface area contributed by atoms with Crippen LogP contribution >= 0.6 is 11.6 Å². The molecule has 0 bridgehead atoms. The van der Waals surface area contributed by atoms with Crippen molar-refractivity contribution in [2.45, 2.75) is 19.8 Å². The van der Waals surface area contributed by atoms with Gasteiger partial charge in [0.25, 0.3) is 0 Å². The van der Waals surface area contributed by atoms with E-state index in [4.69, 9.17) is 11.6 Å². The maximum absolute atomic E-state index is 10.9. The quantitative estimate of drug-likeness (QED) is 0.648. The molecule has 1 aromatic rings. The van der Waals surface area contributed by atoms with Crippen molar-refractivity contribution in [2.75, 3.05) is 11.9 Å². The van der Waals surface area contributed by atoms with Gasteiger partial charge < -0.3 is 5.32 Å². The van der Waals surface area contributed by atoms with Crippen LogP contribution < -0.4 is 5.32 Å². The van der Waals surface area contributed by atoms with Crippen molar-refractivity contribution in [3.05, 3.63) is 33.3 Å². The molecule has 16 heavy (non-hydrogen) atoms. The Hall–Kier alpha value is -1.29. The van der Waals surface area contributed by atoms with E-state index >= 15 is 0 Å². The van der Waals surface area contributed by atoms with Crippen molar-refractivity contribution in [2.24, 2.45) is 5.41 Å². The van der Waals surface area contributed by atoms with Crippen LogP contribution in [-0.4, -0.2) is 11.5 Å². The number of halogens is 1. The molecule has 0 spiro atoms. The summed E-state index contributed by atoms with van der Waals surface area (Å²) in [6.07, 6.45) is 2.35. The molecule has 1 N–H and O–H groups in total. The van der Waals surface area contributed by atoms with E-state index in [-0.39, 0.29) is 10.7 Å². The number of nitrogens with zero attached hydrogens (tertiary/aromatic N) is 1. The summed E-state index contributed by atoms with van der Waals surface area (Å²) in [5.41, 5.74) is 0.773. The standard InChI is InChI=1S/C11H13ClN2O2/c1-11(5-6-11)7-13-9-4-2-3-8(12)10(9)14(15)16/h2-4,13H,5-7H2,1H3. The molecule has 1 aliphatic rings. The SMILES string of the molecule is CC1(CNc2cccc(Cl)c2[N+](=O)[O-])CC1. The van der Waals surface area contributed by atoms with Crippen LogP contribution in [0.1, 0.15) is 19.8 Å². The highest BCUT2D eigenvalue weighted by Crippen LogP contribution is 2.45. The van der Waals surface area contributed by atoms with E-state index in [2.05, 4.69) is 12.2 Å². The van der Waals surface area contributed by atoms with Crippen molar-refractivity contribution in [3.63, 3.8) is 0 Å². The van der Waals surface area contributed by atoms with Gasteiger partial charge in [-0.2, -0.15) is 0 Å². The van der Waals surface area contributed by atoms with E-state index in [1.54, 1.807) is 12.1 Å². The fourth-order valence-electron chi connectivity index (χ4n) is 1.54. The average molecular weight is 241 g/mol. The largest absolute Gasteiger partial charge is 0.379 e. The summed E-state index contributed by atoms with van der Waals surface area (Å²) in [7, 11) is 0. The van der Waals surface area contributed by atoms with Gasteiger partial charge in [0, 0.05) is 6.54 Å². The fraction of sp³-hybridized carbons (Fsp3) is 0.455. The van der Waals surface area contributed by atoms with E-state index in [1.165, 1.54) is 18.9 Å². The number of nitro groups is 1. The number of nitro benzene ring substituents is 1. The number of rotatable bonds is 4. The molecule has 0 atom stereocenters. The lowest BCUT2D eigenvalue weighted by atomic mass is 10.1. The zero-order chi connectivity index (χ0) is 11.8. The minimum atomic E-state index is -0.445. The van der Waals surface area contributed by atoms with Crippen LogP contribution in [0.2, 0.25) is 5.02 Å². The molecule has 0 heterocycles. The molecule has 0 aromatic heterocycles. The Kier molecular flexibility index (Phi) is 2.76. The highest BCUT2D eigenvalue weighted by molar-refractivity contribution is 6.33. The Morgan fingerprint density at radius 3 is 2.81 bits per heavy atom. The van der Waals surface area contributed by atoms with Crippen LogP contribution in [0.15, 0.2) is 18.2 Å². The predicted octanol–water partition coefficient (Wildman–Crippen LogP) is 3.46. The molecule has 1 saturated carbocycles. The van der Waals surface area contributed by atoms with Crippen molar-refractivity contribution < 1.29 is 4.92 Å². The Balaban J connectivity index is 2.19. The van der Waals surface area contributed by atoms with E-state index in [0.29, 0.717) is 11.1 Å². The summed E-state index contributed by atoms with van der Waals surface area (Å²) in [5, 5.41) is 14.2. The van der Waals surface area contributed by atoms with Crippen LogP contribution in [-0.2, 0) is 0 Å². The van der Waals surface area contributed by atoms with Gasteiger partial charge in [0.2, 0.25) is 0 Å². The number of nitrogens with one attached hydrogen (secondary N) is 1. The van der Waals surface area contributed by atoms with Crippen molar-refractivity contribution >= 4 is 23.0 Å². The third-order valence-electron chi connectivity index (χ3n) is 2.98. The van der Waals surface area contributed by atoms with Gasteiger partial charge in [-0.15, -0.1) is 0 Å². The molecule has 1 aliphatic carbocycles. The first-order chi connectivity index (χ1) is 7.52. The molecule has 0 aliphatic heterocycles. The summed E-state index contributed by atoms with van der Waals surface area (Å²) < 4.78 is 0. The summed E-state index contributed by atoms with van der Waals surface area (Å²) >= 11 is 5.81. The normalized spacial score (nSPS) is 16.9. The summed E-state index contributed by atoms with van der Waals surface area (Å²) in [5.74, 6) is 0. The molecule has 0 unspecified atom stereocenters. The summed E-state index contributed by atoms with van der Waals surface area (Å²) in [6.45, 7) is 2.92. The molecule has 0 radical (unpaired) electrons. The second-order valence-electron chi connectivity index (χ2n) is 4.56. The number of benzene rings is 1. The lowest BCUT2D eigenvalue weighted by molar-refractivity contribution is -0.383. The molecule has 2 rings (SSSR count). The lowest BCUT2D eigenvalue weighted by Gasteiger charge is -2.11. The smallest absolute Gasteiger partial charge is 0.310 e. The molecular formula is C11H13ClN2O2. The number of hydrogen-bond donors (Lipinski definition) is 1. The van der Waals surface area contributed by atoms with Gasteiger partial charge >= 0.3 is 5.69 Å². The summed E-state index contributed by atoms with van der Waals surface area (Å²) in [6, 6.07) is 4.94. The number of hydrogen-bond acceptors (Lipinski definition) is 3. The Labute approximate surface area is 98.8 Å². The molecule has 1 fully saturated rings. The van der Waals surface area contributed by atoms with E-state index in [1.807, 2.05) is 0 Å². The first kappa shape index (κ1) is 11.2. The van der Waals surface area contributed by atoms with Gasteiger partial charge in [-0.3, -0.25) is 10.1 Å². The minimum absolute atomic E-state index is 0.0339. The number of anilines is 1. The Bertz CT molecular complexity index is 430. The second-order valence-corrected chi connectivity index (χ2v) is 4.96. The lowest BCUT2D eigenvalue weighted by Crippen LogP contribution is -2.12. The molecule has 0 saturated heterocycles. The van der Waals surface area contributed by atoms with Crippen LogP contribution in [0.25, 0.3) is 0 Å². The highest BCUT2D eigenvalue weighted by atomic mass is 35.5. The number of para-hydroxylation sites is 1. The molecule has 5 heteroatoms. The highest BCUT2D eigenvalue weighted by Gasteiger charge is 2.37. The van der Waals surface area contributed by atoms with Crippen LogP contribution in [0.4, 0.5) is 11.4 Å². The van der Waals surface area contributed by atoms with Crippen molar-refractivity contribution in [1.82, 2.24) is 0 Å². The van der Waals surface area contributed by atoms with Crippen LogP contribution in [0.5, 0.6) is 0 Å². The van der Waals surface area contributed by atoms with Gasteiger partial charge in [0.05, 0.1) is 4.92 Å². The molecule has 4 nitrogen and oxygen atoms in total. The zero-order valence-electron chi connectivity index (χ0n) is 9.00. The predicted molar refractivity (Wildman–Crippen MR) is 63.9 cm³/mol. The first-order valence-electron chi connectivity index (χ1n) is 5.19. The topological polar surface area (TPSA) is 55.2 Å². The zero-order valence-corrected chi connectivity index (χ0v) is 9.75. The molecule has 86 valence electrons. The monoisotopic (exact) mass is 240 g/mol. The fourth-order valence-corrected chi connectivity index (χ4v) is 1.79. The van der Waals surface area contributed by atoms with Gasteiger partial charge in [0.15, 0.2) is 0 Å². The van der Waals surface area contributed by atoms with Gasteiger partial charge in [-0.1, -0.05) is 24.6 Å². The maximum Gasteiger partial charge on any atom is 0.310 e. The van der Waals surface area contributed by atoms with E-state index in [9.17, 15) is 10.1 Å². The maximum atomic E-state index is 10.9. The van der Waals surface area contributed by atoms with Crippen molar-refractivity contribution in [1.29, 1.82) is 0 Å². The van der Waals surface area contributed by atoms with Crippen molar-refractivity contribution in [3.8, 4) is 0 Å². The third-order valence-corrected chi connectivity index (χ3v) is 3.28. The second kappa shape index (κ2) is 3.94. The Morgan fingerprint density at radius 2 is 2.25 bits per heavy atom. The third kappa shape index (κ3) is 2.27. The summed E-state index contributed by atoms with van der Waals surface area (Å²) in [4.78, 5) is 10.4. The molecule has 1 aromatic carbocycles. The van der Waals surface area contributed by atoms with E-state index < -0.39 is 4.92 Å². The Morgan fingerprint density at radius 1 is 1.56 bits per heavy atom. The van der Waals surface area contributed by atoms with Gasteiger partial charge in [-0.05, 0) is 30.4 Å². The minimum Gasteiger partial charge on any atom is -0.379 e. The van der Waals surface area contributed by atoms with Gasteiger partial charge in [0.1, 0.15) is 10.7 Å². The van der Waals surface area contributed by atoms with Crippen LogP contribution in [0.3, 0.4) is 0 Å². The van der Waals surface area contributed by atoms with Crippen LogP contribution in [0, 0.1) is 15.5 Å². The molecule has 0 amide bonds. The molecular weight excluding hydrogens is 228 g/mol.